The molecule has 0 aromatic rings. The Balaban J connectivity index is 1.71. The highest BCUT2D eigenvalue weighted by Crippen LogP contribution is 2.50. The quantitative estimate of drug-likeness (QED) is 0.677. The van der Waals surface area contributed by atoms with Gasteiger partial charge in [-0.25, -0.2) is 0 Å². The fourth-order valence-corrected chi connectivity index (χ4v) is 3.98. The van der Waals surface area contributed by atoms with Gasteiger partial charge in [0.15, 0.2) is 17.4 Å². The van der Waals surface area contributed by atoms with E-state index in [9.17, 15) is 0 Å². The lowest BCUT2D eigenvalue weighted by molar-refractivity contribution is -0.178. The van der Waals surface area contributed by atoms with Gasteiger partial charge in [0, 0.05) is 0 Å². The number of hydrogen-bond acceptors (Lipinski definition) is 6. The maximum absolute atomic E-state index is 6.07. The average molecular weight is 300 g/mol. The molecule has 3 saturated heterocycles. The van der Waals surface area contributed by atoms with Gasteiger partial charge in [0.25, 0.3) is 0 Å². The normalized spacial score (nSPS) is 52.3. The highest BCUT2D eigenvalue weighted by atomic mass is 16.8. The summed E-state index contributed by atoms with van der Waals surface area (Å²) in [4.78, 5) is 0. The summed E-state index contributed by atoms with van der Waals surface area (Å²) < 4.78 is 36.4. The lowest BCUT2D eigenvalue weighted by atomic mass is 9.85. The zero-order chi connectivity index (χ0) is 15.2. The zero-order valence-corrected chi connectivity index (χ0v) is 13.4. The van der Waals surface area contributed by atoms with E-state index in [1.165, 1.54) is 0 Å². The summed E-state index contributed by atoms with van der Waals surface area (Å²) in [5.41, 5.74) is 0. The number of fused-ring (bicyclic) bond motifs is 6. The second-order valence-corrected chi connectivity index (χ2v) is 7.69. The molecule has 0 amide bonds. The van der Waals surface area contributed by atoms with E-state index < -0.39 is 17.4 Å². The van der Waals surface area contributed by atoms with Crippen molar-refractivity contribution in [2.45, 2.75) is 95.5 Å². The molecule has 0 aromatic carbocycles. The molecule has 1 saturated carbocycles. The molecule has 0 radical (unpaired) electrons. The Labute approximate surface area is 125 Å². The Kier molecular flexibility index (Phi) is 2.73. The topological polar surface area (TPSA) is 55.4 Å². The van der Waals surface area contributed by atoms with E-state index in [1.54, 1.807) is 0 Å². The molecule has 6 heteroatoms. The summed E-state index contributed by atoms with van der Waals surface area (Å²) in [6.45, 7) is 11.5. The van der Waals surface area contributed by atoms with Crippen LogP contribution in [-0.2, 0) is 28.4 Å². The van der Waals surface area contributed by atoms with Crippen LogP contribution in [0.2, 0.25) is 0 Å². The molecule has 3 heterocycles. The third-order valence-corrected chi connectivity index (χ3v) is 4.46. The van der Waals surface area contributed by atoms with Crippen LogP contribution in [0.1, 0.15) is 41.5 Å². The van der Waals surface area contributed by atoms with Crippen molar-refractivity contribution in [3.63, 3.8) is 0 Å². The number of rotatable bonds is 0. The Hall–Kier alpha value is -0.240. The maximum Gasteiger partial charge on any atom is 0.164 e. The van der Waals surface area contributed by atoms with Crippen LogP contribution >= 0.6 is 0 Å². The number of ether oxygens (including phenoxy) is 6. The van der Waals surface area contributed by atoms with Gasteiger partial charge in [0.05, 0.1) is 0 Å². The van der Waals surface area contributed by atoms with E-state index in [4.69, 9.17) is 28.4 Å². The molecule has 1 aliphatic carbocycles. The second kappa shape index (κ2) is 3.99. The van der Waals surface area contributed by atoms with Crippen molar-refractivity contribution in [3.05, 3.63) is 0 Å². The van der Waals surface area contributed by atoms with Crippen LogP contribution < -0.4 is 0 Å². The third kappa shape index (κ3) is 2.16. The molecule has 0 atom stereocenters. The Morgan fingerprint density at radius 1 is 0.381 bits per heavy atom. The zero-order valence-electron chi connectivity index (χ0n) is 13.4. The third-order valence-electron chi connectivity index (χ3n) is 4.46. The molecule has 0 bridgehead atoms. The minimum atomic E-state index is -0.652. The van der Waals surface area contributed by atoms with Gasteiger partial charge in [0.2, 0.25) is 0 Å². The molecular weight excluding hydrogens is 276 g/mol. The van der Waals surface area contributed by atoms with Crippen LogP contribution in [0.15, 0.2) is 0 Å². The molecule has 3 aliphatic heterocycles. The van der Waals surface area contributed by atoms with Crippen molar-refractivity contribution in [2.24, 2.45) is 0 Å². The Bertz CT molecular complexity index is 345. The van der Waals surface area contributed by atoms with Crippen LogP contribution in [-0.4, -0.2) is 54.0 Å². The van der Waals surface area contributed by atoms with E-state index >= 15 is 0 Å². The van der Waals surface area contributed by atoms with Crippen LogP contribution in [0.3, 0.4) is 0 Å². The predicted octanol–water partition coefficient (Wildman–Crippen LogP) is 1.56. The molecule has 21 heavy (non-hydrogen) atoms. The lowest BCUT2D eigenvalue weighted by Crippen LogP contribution is -2.60. The van der Waals surface area contributed by atoms with Gasteiger partial charge in [-0.2, -0.15) is 0 Å². The molecule has 6 nitrogen and oxygen atoms in total. The van der Waals surface area contributed by atoms with Gasteiger partial charge < -0.3 is 28.4 Å². The molecule has 0 unspecified atom stereocenters. The van der Waals surface area contributed by atoms with Crippen molar-refractivity contribution in [1.82, 2.24) is 0 Å². The molecule has 0 N–H and O–H groups in total. The average Bonchev–Trinajstić information content (AvgIpc) is 2.88. The molecule has 4 rings (SSSR count). The summed E-state index contributed by atoms with van der Waals surface area (Å²) in [5, 5.41) is 0. The van der Waals surface area contributed by atoms with E-state index in [-0.39, 0.29) is 36.6 Å². The minimum Gasteiger partial charge on any atom is -0.342 e. The van der Waals surface area contributed by atoms with E-state index in [2.05, 4.69) is 0 Å². The van der Waals surface area contributed by atoms with Crippen molar-refractivity contribution in [1.29, 1.82) is 0 Å². The van der Waals surface area contributed by atoms with E-state index in [0.29, 0.717) is 0 Å². The smallest absolute Gasteiger partial charge is 0.164 e. The molecule has 0 aromatic heterocycles. The minimum absolute atomic E-state index is 0.203. The van der Waals surface area contributed by atoms with E-state index in [0.717, 1.165) is 0 Å². The highest BCUT2D eigenvalue weighted by Gasteiger charge is 2.67. The van der Waals surface area contributed by atoms with Gasteiger partial charge in [-0.1, -0.05) is 0 Å². The summed E-state index contributed by atoms with van der Waals surface area (Å²) in [6.07, 6.45) is -1.22. The van der Waals surface area contributed by atoms with Gasteiger partial charge in [-0.15, -0.1) is 0 Å². The first-order valence-corrected chi connectivity index (χ1v) is 7.64. The fraction of sp³-hybridized carbons (Fsp3) is 1.00. The second-order valence-electron chi connectivity index (χ2n) is 7.69. The first-order chi connectivity index (χ1) is 9.57. The summed E-state index contributed by atoms with van der Waals surface area (Å²) in [6, 6.07) is 0. The van der Waals surface area contributed by atoms with Gasteiger partial charge in [-0.05, 0) is 41.5 Å². The molecule has 120 valence electrons. The summed E-state index contributed by atoms with van der Waals surface area (Å²) >= 11 is 0. The first-order valence-electron chi connectivity index (χ1n) is 7.64. The van der Waals surface area contributed by atoms with Crippen molar-refractivity contribution in [2.75, 3.05) is 0 Å². The largest absolute Gasteiger partial charge is 0.342 e. The van der Waals surface area contributed by atoms with Crippen LogP contribution in [0, 0.1) is 0 Å². The maximum atomic E-state index is 6.07. The SMILES string of the molecule is CC1(C)OC2C3OC(C)(C)OC3C3OC(C)(C)OC3C2O1. The van der Waals surface area contributed by atoms with Gasteiger partial charge >= 0.3 is 0 Å². The molecule has 4 fully saturated rings. The van der Waals surface area contributed by atoms with E-state index in [1.807, 2.05) is 41.5 Å². The summed E-state index contributed by atoms with van der Waals surface area (Å²) in [5.74, 6) is -1.96. The van der Waals surface area contributed by atoms with Crippen LogP contribution in [0.25, 0.3) is 0 Å². The highest BCUT2D eigenvalue weighted by molar-refractivity contribution is 5.11. The molecule has 4 aliphatic rings. The number of hydrogen-bond donors (Lipinski definition) is 0. The van der Waals surface area contributed by atoms with Gasteiger partial charge in [-0.3, -0.25) is 0 Å². The van der Waals surface area contributed by atoms with Crippen molar-refractivity contribution >= 4 is 0 Å². The lowest BCUT2D eigenvalue weighted by Gasteiger charge is -2.37. The Morgan fingerprint density at radius 3 is 0.667 bits per heavy atom. The standard InChI is InChI=1S/C15H24O6/c1-13(2)16-7-8(17-13)10-12(21-15(5,6)19-10)11-9(7)18-14(3,4)20-11/h7-12H,1-6H3. The predicted molar refractivity (Wildman–Crippen MR) is 71.5 cm³/mol. The monoisotopic (exact) mass is 300 g/mol. The van der Waals surface area contributed by atoms with Crippen molar-refractivity contribution in [3.8, 4) is 0 Å². The van der Waals surface area contributed by atoms with Gasteiger partial charge in [0.1, 0.15) is 36.6 Å². The summed E-state index contributed by atoms with van der Waals surface area (Å²) in [7, 11) is 0. The molecular formula is C15H24O6. The Morgan fingerprint density at radius 2 is 0.524 bits per heavy atom. The molecule has 0 spiro atoms. The van der Waals surface area contributed by atoms with Crippen molar-refractivity contribution < 1.29 is 28.4 Å². The fourth-order valence-electron chi connectivity index (χ4n) is 3.98. The van der Waals surface area contributed by atoms with Crippen LogP contribution in [0.5, 0.6) is 0 Å². The first kappa shape index (κ1) is 14.4. The van der Waals surface area contributed by atoms with Crippen LogP contribution in [0.4, 0.5) is 0 Å².